The molecular formula is C24H21FN2O7. The third-order valence-electron chi connectivity index (χ3n) is 5.42. The van der Waals surface area contributed by atoms with E-state index in [9.17, 15) is 19.2 Å². The summed E-state index contributed by atoms with van der Waals surface area (Å²) in [7, 11) is 0. The Balaban J connectivity index is 1.62. The Hall–Kier alpha value is -4.05. The van der Waals surface area contributed by atoms with Gasteiger partial charge in [0.1, 0.15) is 12.7 Å². The number of alkyl halides is 1. The van der Waals surface area contributed by atoms with Crippen LogP contribution in [0.25, 0.3) is 0 Å². The molecule has 1 N–H and O–H groups in total. The summed E-state index contributed by atoms with van der Waals surface area (Å²) >= 11 is 0. The number of hydrogen-bond acceptors (Lipinski definition) is 7. The minimum atomic E-state index is -2.42. The van der Waals surface area contributed by atoms with Crippen LogP contribution >= 0.6 is 0 Å². The molecule has 34 heavy (non-hydrogen) atoms. The van der Waals surface area contributed by atoms with Gasteiger partial charge >= 0.3 is 17.6 Å². The molecule has 4 rings (SSSR count). The normalized spacial score (nSPS) is 23.9. The van der Waals surface area contributed by atoms with Crippen molar-refractivity contribution in [3.8, 4) is 0 Å². The second-order valence-electron chi connectivity index (χ2n) is 7.85. The number of nitrogens with zero attached hydrogens (tertiary/aromatic N) is 1. The van der Waals surface area contributed by atoms with Crippen LogP contribution in [0.5, 0.6) is 0 Å². The van der Waals surface area contributed by atoms with Crippen LogP contribution in [-0.2, 0) is 14.2 Å². The standard InChI is InChI=1S/C24H21FN2O7/c1-24(25)19(34-21(30)16-10-6-3-7-11-16)17(14-32-20(29)15-8-4-2-5-9-15)33-22(24)27-13-12-18(28)26-23(27)31/h2-13,17,19,22H,14H2,1H3,(H,26,28,31)/t17-,19+,22-,24-/m1/s1. The fraction of sp³-hybridized carbons (Fsp3) is 0.250. The quantitative estimate of drug-likeness (QED) is 0.552. The molecule has 1 fully saturated rings. The van der Waals surface area contributed by atoms with E-state index in [1.54, 1.807) is 48.5 Å². The maximum absolute atomic E-state index is 16.1. The van der Waals surface area contributed by atoms with Gasteiger partial charge in [-0.2, -0.15) is 0 Å². The van der Waals surface area contributed by atoms with E-state index in [2.05, 4.69) is 0 Å². The highest BCUT2D eigenvalue weighted by molar-refractivity contribution is 5.90. The van der Waals surface area contributed by atoms with Crippen LogP contribution < -0.4 is 11.2 Å². The fourth-order valence-corrected chi connectivity index (χ4v) is 3.71. The summed E-state index contributed by atoms with van der Waals surface area (Å²) in [6.07, 6.45) is -3.25. The van der Waals surface area contributed by atoms with Crippen LogP contribution in [0, 0.1) is 0 Å². The van der Waals surface area contributed by atoms with Crippen molar-refractivity contribution in [2.75, 3.05) is 6.61 Å². The largest absolute Gasteiger partial charge is 0.459 e. The Labute approximate surface area is 192 Å². The van der Waals surface area contributed by atoms with Gasteiger partial charge in [-0.25, -0.2) is 18.8 Å². The van der Waals surface area contributed by atoms with Gasteiger partial charge in [-0.15, -0.1) is 0 Å². The van der Waals surface area contributed by atoms with E-state index < -0.39 is 53.9 Å². The molecule has 10 heteroatoms. The summed E-state index contributed by atoms with van der Waals surface area (Å²) in [5.74, 6) is -1.49. The number of aromatic nitrogens is 2. The molecule has 0 saturated carbocycles. The van der Waals surface area contributed by atoms with Gasteiger partial charge in [-0.3, -0.25) is 14.3 Å². The molecule has 1 aliphatic rings. The number of aromatic amines is 1. The Morgan fingerprint density at radius 1 is 1.00 bits per heavy atom. The van der Waals surface area contributed by atoms with Gasteiger partial charge in [0.25, 0.3) is 5.56 Å². The zero-order valence-corrected chi connectivity index (χ0v) is 18.1. The number of carbonyl (C=O) groups is 2. The number of hydrogen-bond donors (Lipinski definition) is 1. The van der Waals surface area contributed by atoms with Gasteiger partial charge in [-0.05, 0) is 31.2 Å². The Kier molecular flexibility index (Phi) is 6.42. The molecule has 0 bridgehead atoms. The number of ether oxygens (including phenoxy) is 3. The van der Waals surface area contributed by atoms with Gasteiger partial charge < -0.3 is 14.2 Å². The van der Waals surface area contributed by atoms with Gasteiger partial charge in [0.2, 0.25) is 0 Å². The van der Waals surface area contributed by atoms with E-state index in [0.717, 1.165) is 23.8 Å². The Bertz CT molecular complexity index is 1290. The maximum atomic E-state index is 16.1. The molecule has 1 aromatic heterocycles. The van der Waals surface area contributed by atoms with Gasteiger partial charge in [0, 0.05) is 12.3 Å². The number of esters is 2. The highest BCUT2D eigenvalue weighted by Gasteiger charge is 2.58. The summed E-state index contributed by atoms with van der Waals surface area (Å²) in [4.78, 5) is 50.8. The average Bonchev–Trinajstić information content (AvgIpc) is 3.08. The van der Waals surface area contributed by atoms with Crippen molar-refractivity contribution in [1.29, 1.82) is 0 Å². The molecule has 2 aromatic carbocycles. The summed E-state index contributed by atoms with van der Waals surface area (Å²) in [5.41, 5.74) is -3.54. The number of carbonyl (C=O) groups excluding carboxylic acids is 2. The first-order valence-electron chi connectivity index (χ1n) is 10.4. The molecule has 0 unspecified atom stereocenters. The van der Waals surface area contributed by atoms with E-state index in [1.807, 2.05) is 4.98 Å². The molecule has 1 saturated heterocycles. The van der Waals surface area contributed by atoms with Crippen LogP contribution in [0.3, 0.4) is 0 Å². The van der Waals surface area contributed by atoms with Crippen LogP contribution in [0.4, 0.5) is 4.39 Å². The van der Waals surface area contributed by atoms with E-state index in [1.165, 1.54) is 12.1 Å². The monoisotopic (exact) mass is 468 g/mol. The Morgan fingerprint density at radius 3 is 2.18 bits per heavy atom. The predicted octanol–water partition coefficient (Wildman–Crippen LogP) is 2.24. The SMILES string of the molecule is C[C@@]1(F)[C@@H](OC(=O)c2ccccc2)[C@@H](COC(=O)c2ccccc2)O[C@H]1n1ccc(=O)[nH]c1=O. The number of halogens is 1. The molecule has 176 valence electrons. The van der Waals surface area contributed by atoms with Crippen molar-refractivity contribution >= 4 is 11.9 Å². The number of H-pyrrole nitrogens is 1. The first-order chi connectivity index (χ1) is 16.3. The Morgan fingerprint density at radius 2 is 1.59 bits per heavy atom. The lowest BCUT2D eigenvalue weighted by Gasteiger charge is -2.27. The molecule has 4 atom stereocenters. The fourth-order valence-electron chi connectivity index (χ4n) is 3.71. The molecular weight excluding hydrogens is 447 g/mol. The minimum Gasteiger partial charge on any atom is -0.459 e. The summed E-state index contributed by atoms with van der Waals surface area (Å²) in [5, 5.41) is 0. The third kappa shape index (κ3) is 4.67. The second kappa shape index (κ2) is 9.44. The molecule has 0 amide bonds. The lowest BCUT2D eigenvalue weighted by Crippen LogP contribution is -2.46. The molecule has 0 aliphatic carbocycles. The smallest absolute Gasteiger partial charge is 0.338 e. The zero-order valence-electron chi connectivity index (χ0n) is 18.1. The summed E-state index contributed by atoms with van der Waals surface area (Å²) in [6, 6.07) is 17.1. The maximum Gasteiger partial charge on any atom is 0.338 e. The van der Waals surface area contributed by atoms with Crippen LogP contribution in [0.1, 0.15) is 33.9 Å². The van der Waals surface area contributed by atoms with Crippen molar-refractivity contribution in [1.82, 2.24) is 9.55 Å². The number of rotatable bonds is 6. The number of nitrogens with one attached hydrogen (secondary N) is 1. The highest BCUT2D eigenvalue weighted by Crippen LogP contribution is 2.42. The van der Waals surface area contributed by atoms with E-state index >= 15 is 4.39 Å². The van der Waals surface area contributed by atoms with Crippen molar-refractivity contribution in [2.45, 2.75) is 31.0 Å². The lowest BCUT2D eigenvalue weighted by atomic mass is 9.98. The summed E-state index contributed by atoms with van der Waals surface area (Å²) < 4.78 is 33.4. The van der Waals surface area contributed by atoms with Crippen molar-refractivity contribution in [2.24, 2.45) is 0 Å². The molecule has 1 aliphatic heterocycles. The van der Waals surface area contributed by atoms with Gasteiger partial charge in [-0.1, -0.05) is 36.4 Å². The molecule has 3 aromatic rings. The van der Waals surface area contributed by atoms with Crippen molar-refractivity contribution < 1.29 is 28.2 Å². The first-order valence-corrected chi connectivity index (χ1v) is 10.4. The number of benzene rings is 2. The van der Waals surface area contributed by atoms with Crippen molar-refractivity contribution in [3.63, 3.8) is 0 Å². The third-order valence-corrected chi connectivity index (χ3v) is 5.42. The predicted molar refractivity (Wildman–Crippen MR) is 117 cm³/mol. The van der Waals surface area contributed by atoms with Crippen LogP contribution in [-0.4, -0.2) is 46.0 Å². The summed E-state index contributed by atoms with van der Waals surface area (Å²) in [6.45, 7) is 0.658. The first kappa shape index (κ1) is 23.1. The average molecular weight is 468 g/mol. The molecule has 0 spiro atoms. The molecule has 0 radical (unpaired) electrons. The van der Waals surface area contributed by atoms with E-state index in [4.69, 9.17) is 14.2 Å². The zero-order chi connectivity index (χ0) is 24.3. The van der Waals surface area contributed by atoms with Crippen LogP contribution in [0.15, 0.2) is 82.5 Å². The van der Waals surface area contributed by atoms with Gasteiger partial charge in [0.15, 0.2) is 18.0 Å². The lowest BCUT2D eigenvalue weighted by molar-refractivity contribution is -0.0649. The molecule has 2 heterocycles. The van der Waals surface area contributed by atoms with Gasteiger partial charge in [0.05, 0.1) is 11.1 Å². The van der Waals surface area contributed by atoms with Crippen LogP contribution in [0.2, 0.25) is 0 Å². The van der Waals surface area contributed by atoms with Crippen molar-refractivity contribution in [3.05, 3.63) is 105 Å². The molecule has 9 nitrogen and oxygen atoms in total. The topological polar surface area (TPSA) is 117 Å². The highest BCUT2D eigenvalue weighted by atomic mass is 19.1. The van der Waals surface area contributed by atoms with E-state index in [0.29, 0.717) is 0 Å². The minimum absolute atomic E-state index is 0.183. The van der Waals surface area contributed by atoms with E-state index in [-0.39, 0.29) is 11.1 Å². The second-order valence-corrected chi connectivity index (χ2v) is 7.85.